The maximum atomic E-state index is 7.40. The molecule has 0 amide bonds. The van der Waals surface area contributed by atoms with E-state index in [2.05, 4.69) is 3.97 Å². The summed E-state index contributed by atoms with van der Waals surface area (Å²) in [5, 5.41) is 7.12. The van der Waals surface area contributed by atoms with Gasteiger partial charge in [0.2, 0.25) is 0 Å². The van der Waals surface area contributed by atoms with Gasteiger partial charge in [-0.2, -0.15) is 0 Å². The first-order valence-corrected chi connectivity index (χ1v) is 1.43. The Balaban J connectivity index is 0. The van der Waals surface area contributed by atoms with Crippen molar-refractivity contribution < 1.29 is 46.1 Å². The van der Waals surface area contributed by atoms with E-state index >= 15 is 0 Å². The minimum atomic E-state index is -0.625. The van der Waals surface area contributed by atoms with Crippen LogP contribution in [0.1, 0.15) is 0 Å². The zero-order valence-electron chi connectivity index (χ0n) is 1.96. The van der Waals surface area contributed by atoms with Gasteiger partial charge in [-0.15, -0.1) is 0 Å². The maximum Gasteiger partial charge on any atom is 0 e. The third-order valence-corrected chi connectivity index (χ3v) is 0.119. The first-order chi connectivity index (χ1) is 1.91. The minimum absolute atomic E-state index is 0. The van der Waals surface area contributed by atoms with E-state index in [1.807, 2.05) is 0 Å². The fraction of sp³-hybridized carbons (Fsp3) is 0. The van der Waals surface area contributed by atoms with Crippen LogP contribution in [0.25, 0.3) is 0 Å². The molecule has 0 aliphatic heterocycles. The molecule has 0 aromatic rings. The van der Waals surface area contributed by atoms with Gasteiger partial charge in [-0.1, -0.05) is 0 Å². The second kappa shape index (κ2) is 8.87. The topological polar surface area (TPSA) is 49.7 Å². The van der Waals surface area contributed by atoms with E-state index in [4.69, 9.17) is 9.45 Å². The molecule has 0 spiro atoms. The standard InChI is InChI=1S/Cu.Fe.H2O2.H2O/c;;1-2;/h;;1-2H;1H2/q;+2;;/p-2. The van der Waals surface area contributed by atoms with E-state index in [0.29, 0.717) is 0 Å². The monoisotopic (exact) mass is 169 g/mol. The Morgan fingerprint density at radius 3 is 1.80 bits per heavy atom. The van der Waals surface area contributed by atoms with Crippen molar-refractivity contribution in [2.45, 2.75) is 0 Å². The Hall–Kier alpha value is 0.919. The summed E-state index contributed by atoms with van der Waals surface area (Å²) in [4.78, 5) is 0. The molecule has 5 heteroatoms. The molecule has 2 N–H and O–H groups in total. The predicted octanol–water partition coefficient (Wildman–Crippen LogP) is -0.622. The molecule has 0 bridgehead atoms. The second-order valence-corrected chi connectivity index (χ2v) is 0.532. The molecule has 0 saturated carbocycles. The molecule has 0 aromatic heterocycles. The largest absolute Gasteiger partial charge is 0 e. The molecule has 5 heavy (non-hydrogen) atoms. The molecule has 0 unspecified atom stereocenters. The molecule has 0 aromatic carbocycles. The number of rotatable bonds is 1. The van der Waals surface area contributed by atoms with Crippen molar-refractivity contribution in [3.8, 4) is 0 Å². The van der Waals surface area contributed by atoms with Gasteiger partial charge < -0.3 is 0 Å². The summed E-state index contributed by atoms with van der Waals surface area (Å²) in [6.07, 6.45) is 0. The van der Waals surface area contributed by atoms with Crippen molar-refractivity contribution in [3.05, 3.63) is 0 Å². The smallest absolute Gasteiger partial charge is 0 e. The summed E-state index contributed by atoms with van der Waals surface area (Å²) in [5.74, 6) is 0. The van der Waals surface area contributed by atoms with Gasteiger partial charge in [0.05, 0.1) is 0 Å². The molecular weight excluding hydrogens is 167 g/mol. The molecule has 0 rings (SSSR count). The maximum absolute atomic E-state index is 7.40. The summed E-state index contributed by atoms with van der Waals surface area (Å²) in [6.45, 7) is 0. The zero-order chi connectivity index (χ0) is 3.41. The van der Waals surface area contributed by atoms with Crippen molar-refractivity contribution in [1.29, 1.82) is 0 Å². The van der Waals surface area contributed by atoms with Crippen molar-refractivity contribution >= 4 is 0 Å². The Labute approximate surface area is 46.5 Å². The van der Waals surface area contributed by atoms with Crippen LogP contribution in [-0.4, -0.2) is 9.45 Å². The van der Waals surface area contributed by atoms with Crippen molar-refractivity contribution in [3.63, 3.8) is 0 Å². The van der Waals surface area contributed by atoms with Crippen LogP contribution in [0.4, 0.5) is 0 Å². The van der Waals surface area contributed by atoms with Gasteiger partial charge in [-0.3, -0.25) is 0 Å². The van der Waals surface area contributed by atoms with Crippen molar-refractivity contribution in [2.24, 2.45) is 0 Å². The molecule has 39 valence electrons. The van der Waals surface area contributed by atoms with Crippen LogP contribution < -0.4 is 0 Å². The number of hydrogen-bond donors (Lipinski definition) is 2. The third kappa shape index (κ3) is 11.4. The average Bonchev–Trinajstić information content (AvgIpc) is 1.37. The molecule has 3 nitrogen and oxygen atoms in total. The number of hydrogen-bond acceptors (Lipinski definition) is 3. The van der Waals surface area contributed by atoms with Gasteiger partial charge >= 0.3 is 29.0 Å². The van der Waals surface area contributed by atoms with Gasteiger partial charge in [-0.25, -0.2) is 0 Å². The fourth-order valence-corrected chi connectivity index (χ4v) is 0. The Bertz CT molecular complexity index is 8.85. The molecule has 0 aliphatic carbocycles. The first-order valence-electron chi connectivity index (χ1n) is 0.485. The first kappa shape index (κ1) is 9.33. The second-order valence-electron chi connectivity index (χ2n) is 0.129. The molecule has 0 saturated heterocycles. The van der Waals surface area contributed by atoms with E-state index in [1.165, 1.54) is 0 Å². The van der Waals surface area contributed by atoms with Crippen LogP contribution in [0.5, 0.6) is 0 Å². The van der Waals surface area contributed by atoms with Crippen LogP contribution in [0.2, 0.25) is 0 Å². The van der Waals surface area contributed by atoms with Gasteiger partial charge in [0.15, 0.2) is 0 Å². The molecule has 0 heterocycles. The zero-order valence-corrected chi connectivity index (χ0v) is 4.00. The Kier molecular flexibility index (Phi) is 16.5. The Morgan fingerprint density at radius 1 is 1.60 bits per heavy atom. The van der Waals surface area contributed by atoms with Gasteiger partial charge in [0.25, 0.3) is 0 Å². The van der Waals surface area contributed by atoms with Gasteiger partial charge in [0, 0.05) is 17.1 Å². The van der Waals surface area contributed by atoms with Crippen LogP contribution in [0.3, 0.4) is 0 Å². The van der Waals surface area contributed by atoms with Crippen LogP contribution in [0.15, 0.2) is 0 Å². The SMILES string of the molecule is O[O][Fe][OH].[Cu]. The molecule has 0 fully saturated rings. The summed E-state index contributed by atoms with van der Waals surface area (Å²) >= 11 is -0.625. The third-order valence-electron chi connectivity index (χ3n) is 0.0289. The van der Waals surface area contributed by atoms with Gasteiger partial charge in [-0.05, 0) is 0 Å². The summed E-state index contributed by atoms with van der Waals surface area (Å²) in [6, 6.07) is 0. The fourth-order valence-electron chi connectivity index (χ4n) is 0. The predicted molar refractivity (Wildman–Crippen MR) is 5.93 cm³/mol. The normalized spacial score (nSPS) is 6.80. The molecule has 0 atom stereocenters. The van der Waals surface area contributed by atoms with Crippen LogP contribution in [0, 0.1) is 0 Å². The quantitative estimate of drug-likeness (QED) is 0.312. The van der Waals surface area contributed by atoms with Crippen molar-refractivity contribution in [1.82, 2.24) is 0 Å². The Morgan fingerprint density at radius 2 is 1.80 bits per heavy atom. The van der Waals surface area contributed by atoms with Crippen LogP contribution in [-0.2, 0) is 36.7 Å². The van der Waals surface area contributed by atoms with Crippen LogP contribution >= 0.6 is 0 Å². The van der Waals surface area contributed by atoms with E-state index in [1.54, 1.807) is 0 Å². The summed E-state index contributed by atoms with van der Waals surface area (Å²) < 4.78 is 10.5. The van der Waals surface area contributed by atoms with E-state index in [0.717, 1.165) is 0 Å². The summed E-state index contributed by atoms with van der Waals surface area (Å²) in [5.41, 5.74) is 0. The molecule has 1 radical (unpaired) electrons. The van der Waals surface area contributed by atoms with E-state index < -0.39 is 15.6 Å². The summed E-state index contributed by atoms with van der Waals surface area (Å²) in [7, 11) is 0. The molecule has 0 aliphatic rings. The van der Waals surface area contributed by atoms with Gasteiger partial charge in [0.1, 0.15) is 0 Å². The van der Waals surface area contributed by atoms with Crippen molar-refractivity contribution in [2.75, 3.05) is 0 Å². The van der Waals surface area contributed by atoms with E-state index in [-0.39, 0.29) is 17.1 Å². The average molecular weight is 169 g/mol. The molecular formula is H2CuFeO3. The minimum Gasteiger partial charge on any atom is 0 e. The van der Waals surface area contributed by atoms with E-state index in [9.17, 15) is 0 Å².